The van der Waals surface area contributed by atoms with Gasteiger partial charge in [0.05, 0.1) is 5.69 Å². The van der Waals surface area contributed by atoms with Crippen molar-refractivity contribution >= 4 is 17.6 Å². The van der Waals surface area contributed by atoms with E-state index in [2.05, 4.69) is 9.88 Å². The number of ketones is 2. The Labute approximate surface area is 207 Å². The van der Waals surface area contributed by atoms with E-state index in [9.17, 15) is 14.4 Å². The first kappa shape index (κ1) is 26.1. The highest BCUT2D eigenvalue weighted by molar-refractivity contribution is 6.49. The van der Waals surface area contributed by atoms with E-state index in [4.69, 9.17) is 0 Å². The van der Waals surface area contributed by atoms with Crippen molar-refractivity contribution in [2.75, 3.05) is 13.1 Å². The molecule has 0 saturated carbocycles. The molecule has 0 aliphatic carbocycles. The number of carbonyl (C=O) groups is 2. The van der Waals surface area contributed by atoms with E-state index < -0.39 is 11.6 Å². The summed E-state index contributed by atoms with van der Waals surface area (Å²) in [6.45, 7) is 10.5. The first-order chi connectivity index (χ1) is 17.0. The van der Waals surface area contributed by atoms with Crippen molar-refractivity contribution in [3.8, 4) is 0 Å². The Morgan fingerprint density at radius 1 is 0.943 bits per heavy atom. The van der Waals surface area contributed by atoms with Crippen LogP contribution < -0.4 is 5.69 Å². The van der Waals surface area contributed by atoms with Gasteiger partial charge in [0.25, 0.3) is 0 Å². The number of aryl methyl sites for hydroxylation is 1. The highest BCUT2D eigenvalue weighted by Gasteiger charge is 2.24. The summed E-state index contributed by atoms with van der Waals surface area (Å²) in [6.07, 6.45) is 5.77. The molecule has 6 heteroatoms. The molecule has 0 unspecified atom stereocenters. The van der Waals surface area contributed by atoms with E-state index in [0.29, 0.717) is 11.1 Å². The first-order valence-electron chi connectivity index (χ1n) is 12.4. The molecule has 0 bridgehead atoms. The van der Waals surface area contributed by atoms with Crippen molar-refractivity contribution in [2.24, 2.45) is 0 Å². The van der Waals surface area contributed by atoms with Gasteiger partial charge >= 0.3 is 5.69 Å². The quantitative estimate of drug-likeness (QED) is 0.366. The molecule has 184 valence electrons. The number of allylic oxidation sites excluding steroid dienone is 1. The fourth-order valence-corrected chi connectivity index (χ4v) is 4.51. The number of H-pyrrole nitrogens is 1. The SMILES string of the molecule is C/C=C\c1c(C)[nH]c(=O)n1C1CCN(Cc2ccc(C(=O)C(=O)c3ccccc3)cc2)CC1.CC. The summed E-state index contributed by atoms with van der Waals surface area (Å²) < 4.78 is 1.90. The lowest BCUT2D eigenvalue weighted by Gasteiger charge is -2.32. The molecule has 2 aromatic carbocycles. The molecule has 0 radical (unpaired) electrons. The number of hydrogen-bond acceptors (Lipinski definition) is 4. The molecule has 2 heterocycles. The molecule has 0 atom stereocenters. The molecule has 1 aliphatic rings. The maximum atomic E-state index is 12.5. The summed E-state index contributed by atoms with van der Waals surface area (Å²) in [5.41, 5.74) is 3.74. The zero-order chi connectivity index (χ0) is 25.4. The molecule has 1 aromatic heterocycles. The molecule has 1 saturated heterocycles. The molecule has 0 spiro atoms. The van der Waals surface area contributed by atoms with Gasteiger partial charge in [-0.1, -0.05) is 74.5 Å². The molecular weight excluding hydrogens is 438 g/mol. The van der Waals surface area contributed by atoms with Gasteiger partial charge in [0.15, 0.2) is 0 Å². The number of nitrogens with zero attached hydrogens (tertiary/aromatic N) is 2. The summed E-state index contributed by atoms with van der Waals surface area (Å²) in [5.74, 6) is -0.976. The van der Waals surface area contributed by atoms with E-state index in [1.807, 2.05) is 62.6 Å². The molecule has 35 heavy (non-hydrogen) atoms. The normalized spacial score (nSPS) is 14.5. The van der Waals surface area contributed by atoms with Gasteiger partial charge in [0.2, 0.25) is 11.6 Å². The van der Waals surface area contributed by atoms with Crippen molar-refractivity contribution in [1.82, 2.24) is 14.5 Å². The van der Waals surface area contributed by atoms with Crippen LogP contribution in [0.1, 0.15) is 77.3 Å². The van der Waals surface area contributed by atoms with Crippen LogP contribution in [0.2, 0.25) is 0 Å². The third-order valence-corrected chi connectivity index (χ3v) is 6.27. The smallest absolute Gasteiger partial charge is 0.310 e. The van der Waals surface area contributed by atoms with Gasteiger partial charge in [0, 0.05) is 42.5 Å². The van der Waals surface area contributed by atoms with Gasteiger partial charge < -0.3 is 4.98 Å². The minimum absolute atomic E-state index is 0.0376. The maximum absolute atomic E-state index is 12.5. The number of carbonyl (C=O) groups excluding carboxylic acids is 2. The van der Waals surface area contributed by atoms with Crippen LogP contribution in [0.5, 0.6) is 0 Å². The molecule has 3 aromatic rings. The predicted octanol–water partition coefficient (Wildman–Crippen LogP) is 5.45. The van der Waals surface area contributed by atoms with Crippen molar-refractivity contribution < 1.29 is 9.59 Å². The standard InChI is InChI=1S/C27H29N3O3.C2H6/c1-3-7-24-19(2)28-27(33)30(24)23-14-16-29(17-15-23)18-20-10-12-22(13-11-20)26(32)25(31)21-8-5-4-6-9-21;1-2/h3-13,23H,14-18H2,1-2H3,(H,28,33);1-2H3/b7-3-;. The third-order valence-electron chi connectivity index (χ3n) is 6.27. The molecule has 6 nitrogen and oxygen atoms in total. The van der Waals surface area contributed by atoms with Gasteiger partial charge in [-0.2, -0.15) is 0 Å². The zero-order valence-corrected chi connectivity index (χ0v) is 21.1. The fourth-order valence-electron chi connectivity index (χ4n) is 4.51. The van der Waals surface area contributed by atoms with Crippen LogP contribution in [0.25, 0.3) is 6.08 Å². The van der Waals surface area contributed by atoms with Crippen LogP contribution in [0.3, 0.4) is 0 Å². The number of hydrogen-bond donors (Lipinski definition) is 1. The molecule has 4 rings (SSSR count). The Balaban J connectivity index is 0.00000167. The average Bonchev–Trinajstić information content (AvgIpc) is 3.18. The summed E-state index contributed by atoms with van der Waals surface area (Å²) in [6, 6.07) is 16.1. The maximum Gasteiger partial charge on any atom is 0.326 e. The van der Waals surface area contributed by atoms with E-state index >= 15 is 0 Å². The summed E-state index contributed by atoms with van der Waals surface area (Å²) in [4.78, 5) is 42.7. The van der Waals surface area contributed by atoms with Crippen LogP contribution >= 0.6 is 0 Å². The van der Waals surface area contributed by atoms with Gasteiger partial charge in [-0.05, 0) is 38.3 Å². The lowest BCUT2D eigenvalue weighted by Crippen LogP contribution is -2.37. The molecule has 1 aliphatic heterocycles. The Kier molecular flexibility index (Phi) is 9.15. The number of Topliss-reactive ketones (excluding diaryl/α,β-unsaturated/α-hetero) is 2. The van der Waals surface area contributed by atoms with Crippen molar-refractivity contribution in [3.05, 3.63) is 99.2 Å². The minimum Gasteiger partial charge on any atom is -0.310 e. The third kappa shape index (κ3) is 6.14. The van der Waals surface area contributed by atoms with Crippen LogP contribution in [0.4, 0.5) is 0 Å². The summed E-state index contributed by atoms with van der Waals surface area (Å²) in [5, 5.41) is 0. The zero-order valence-electron chi connectivity index (χ0n) is 21.1. The Bertz CT molecular complexity index is 1210. The van der Waals surface area contributed by atoms with E-state index in [0.717, 1.165) is 49.4 Å². The Morgan fingerprint density at radius 2 is 1.51 bits per heavy atom. The highest BCUT2D eigenvalue weighted by Crippen LogP contribution is 2.25. The number of piperidine rings is 1. The van der Waals surface area contributed by atoms with Crippen molar-refractivity contribution in [2.45, 2.75) is 53.1 Å². The predicted molar refractivity (Wildman–Crippen MR) is 141 cm³/mol. The number of aromatic amines is 1. The van der Waals surface area contributed by atoms with Gasteiger partial charge in [-0.15, -0.1) is 0 Å². The fraction of sp³-hybridized carbons (Fsp3) is 0.345. The van der Waals surface area contributed by atoms with Crippen LogP contribution in [-0.2, 0) is 6.54 Å². The van der Waals surface area contributed by atoms with Crippen molar-refractivity contribution in [1.29, 1.82) is 0 Å². The molecule has 0 amide bonds. The average molecular weight is 474 g/mol. The lowest BCUT2D eigenvalue weighted by molar-refractivity contribution is 0.0817. The van der Waals surface area contributed by atoms with Crippen LogP contribution in [-0.4, -0.2) is 39.1 Å². The largest absolute Gasteiger partial charge is 0.326 e. The summed E-state index contributed by atoms with van der Waals surface area (Å²) in [7, 11) is 0. The molecule has 1 N–H and O–H groups in total. The topological polar surface area (TPSA) is 75.2 Å². The van der Waals surface area contributed by atoms with Gasteiger partial charge in [0.1, 0.15) is 0 Å². The number of rotatable bonds is 7. The van der Waals surface area contributed by atoms with E-state index in [-0.39, 0.29) is 11.7 Å². The second-order valence-corrected chi connectivity index (χ2v) is 8.54. The van der Waals surface area contributed by atoms with Gasteiger partial charge in [-0.3, -0.25) is 19.1 Å². The Morgan fingerprint density at radius 3 is 2.09 bits per heavy atom. The number of imidazole rings is 1. The second-order valence-electron chi connectivity index (χ2n) is 8.54. The molecule has 1 fully saturated rings. The van der Waals surface area contributed by atoms with Gasteiger partial charge in [-0.25, -0.2) is 4.79 Å². The highest BCUT2D eigenvalue weighted by atomic mass is 16.2. The van der Waals surface area contributed by atoms with Crippen molar-refractivity contribution in [3.63, 3.8) is 0 Å². The second kappa shape index (κ2) is 12.3. The van der Waals surface area contributed by atoms with Crippen LogP contribution in [0.15, 0.2) is 65.5 Å². The van der Waals surface area contributed by atoms with E-state index in [1.165, 1.54) is 0 Å². The summed E-state index contributed by atoms with van der Waals surface area (Å²) >= 11 is 0. The van der Waals surface area contributed by atoms with E-state index in [1.54, 1.807) is 36.4 Å². The number of aromatic nitrogens is 2. The number of likely N-dealkylation sites (tertiary alicyclic amines) is 1. The first-order valence-corrected chi connectivity index (χ1v) is 12.4. The number of nitrogens with one attached hydrogen (secondary N) is 1. The monoisotopic (exact) mass is 473 g/mol. The Hall–Kier alpha value is -3.51. The molecular formula is C29H35N3O3. The lowest BCUT2D eigenvalue weighted by atomic mass is 10.00. The minimum atomic E-state index is -0.488. The van der Waals surface area contributed by atoms with Crippen LogP contribution in [0, 0.1) is 6.92 Å². The number of benzene rings is 2.